The van der Waals surface area contributed by atoms with Crippen molar-refractivity contribution in [3.8, 4) is 0 Å². The molecule has 20 nitrogen and oxygen atoms in total. The van der Waals surface area contributed by atoms with E-state index in [0.717, 1.165) is 34.3 Å². The highest BCUT2D eigenvalue weighted by Crippen LogP contribution is 2.33. The number of alkyl carbamates (subject to hydrolysis) is 2. The highest BCUT2D eigenvalue weighted by molar-refractivity contribution is 7.89. The maximum absolute atomic E-state index is 13.9. The summed E-state index contributed by atoms with van der Waals surface area (Å²) in [6.07, 6.45) is -3.27. The van der Waals surface area contributed by atoms with Crippen molar-refractivity contribution in [2.45, 2.75) is 134 Å². The molecule has 7 atom stereocenters. The molecule has 0 spiro atoms. The van der Waals surface area contributed by atoms with Crippen LogP contribution in [0.5, 0.6) is 0 Å². The van der Waals surface area contributed by atoms with Crippen LogP contribution in [0, 0.1) is 31.6 Å². The molecular formula is C56H76N8O12S2. The third kappa shape index (κ3) is 15.6. The van der Waals surface area contributed by atoms with Crippen molar-refractivity contribution in [1.29, 1.82) is 0 Å². The number of sulfonamides is 2. The summed E-state index contributed by atoms with van der Waals surface area (Å²) >= 11 is 0. The number of aromatic amines is 2. The predicted molar refractivity (Wildman–Crippen MR) is 295 cm³/mol. The molecule has 78 heavy (non-hydrogen) atoms. The molecule has 2 aromatic heterocycles. The van der Waals surface area contributed by atoms with Crippen LogP contribution in [0.25, 0.3) is 21.8 Å². The van der Waals surface area contributed by atoms with Gasteiger partial charge in [0.2, 0.25) is 20.0 Å². The normalized spacial score (nSPS) is 18.4. The van der Waals surface area contributed by atoms with Gasteiger partial charge in [0.1, 0.15) is 11.7 Å². The SMILES string of the molecule is Cc1[nH]nc2ccc(S(=O)(=O)N(CC(C)C)C[C@@H](O)[C@H](Cc3ccccc3)NC(=O)OC(C)(C)C)cc12.Cc1[nH]nc2ccc(S(=O)(=O)N(CC(C)C)C[C@@H](O)[C@H](Cc3ccccc3)NC(=O)O[C@H]3COC4OCCC43)cc12. The predicted octanol–water partition coefficient (Wildman–Crippen LogP) is 6.99. The summed E-state index contributed by atoms with van der Waals surface area (Å²) in [6.45, 7) is 17.4. The number of aryl methyl sites for hydroxylation is 2. The number of carbonyl (C=O) groups excluding carboxylic acids is 2. The number of carbonyl (C=O) groups is 2. The van der Waals surface area contributed by atoms with Gasteiger partial charge in [0, 0.05) is 48.3 Å². The van der Waals surface area contributed by atoms with E-state index in [4.69, 9.17) is 18.9 Å². The summed E-state index contributed by atoms with van der Waals surface area (Å²) in [5, 5.41) is 43.9. The van der Waals surface area contributed by atoms with E-state index in [-0.39, 0.29) is 73.0 Å². The number of aliphatic hydroxyl groups excluding tert-OH is 2. The summed E-state index contributed by atoms with van der Waals surface area (Å²) in [5.74, 6) is -0.0281. The number of amides is 2. The van der Waals surface area contributed by atoms with Crippen LogP contribution < -0.4 is 10.6 Å². The summed E-state index contributed by atoms with van der Waals surface area (Å²) in [6, 6.07) is 26.8. The first-order chi connectivity index (χ1) is 36.9. The minimum absolute atomic E-state index is 0.00718. The third-order valence-electron chi connectivity index (χ3n) is 13.4. The Bertz CT molecular complexity index is 3170. The fourth-order valence-corrected chi connectivity index (χ4v) is 12.8. The van der Waals surface area contributed by atoms with Gasteiger partial charge in [0.25, 0.3) is 0 Å². The summed E-state index contributed by atoms with van der Waals surface area (Å²) in [4.78, 5) is 25.9. The molecule has 2 saturated heterocycles. The zero-order valence-corrected chi connectivity index (χ0v) is 47.5. The van der Waals surface area contributed by atoms with Gasteiger partial charge in [-0.15, -0.1) is 0 Å². The zero-order chi connectivity index (χ0) is 56.5. The van der Waals surface area contributed by atoms with E-state index in [2.05, 4.69) is 31.0 Å². The molecule has 2 unspecified atom stereocenters. The van der Waals surface area contributed by atoms with E-state index in [1.807, 2.05) is 102 Å². The molecule has 424 valence electrons. The van der Waals surface area contributed by atoms with Crippen LogP contribution in [0.3, 0.4) is 0 Å². The maximum Gasteiger partial charge on any atom is 0.407 e. The Morgan fingerprint density at radius 3 is 1.56 bits per heavy atom. The van der Waals surface area contributed by atoms with Crippen LogP contribution in [0.15, 0.2) is 107 Å². The molecule has 22 heteroatoms. The first-order valence-corrected chi connectivity index (χ1v) is 29.3. The van der Waals surface area contributed by atoms with E-state index in [0.29, 0.717) is 29.4 Å². The number of H-pyrrole nitrogens is 2. The number of nitrogens with one attached hydrogen (secondary N) is 4. The molecule has 4 aromatic carbocycles. The van der Waals surface area contributed by atoms with Crippen molar-refractivity contribution < 1.29 is 55.6 Å². The first kappa shape index (κ1) is 59.7. The molecule has 2 fully saturated rings. The molecule has 0 aliphatic carbocycles. The number of hydrogen-bond donors (Lipinski definition) is 6. The molecule has 8 rings (SSSR count). The Morgan fingerprint density at radius 1 is 0.679 bits per heavy atom. The average molecular weight is 1120 g/mol. The van der Waals surface area contributed by atoms with Crippen LogP contribution in [-0.4, -0.2) is 150 Å². The molecule has 0 saturated carbocycles. The lowest BCUT2D eigenvalue weighted by Crippen LogP contribution is -2.51. The number of aromatic nitrogens is 4. The topological polar surface area (TPSA) is 268 Å². The Balaban J connectivity index is 0.000000228. The second-order valence-electron chi connectivity index (χ2n) is 22.0. The Labute approximate surface area is 457 Å². The molecule has 4 heterocycles. The summed E-state index contributed by atoms with van der Waals surface area (Å²) < 4.78 is 80.0. The van der Waals surface area contributed by atoms with Gasteiger partial charge < -0.3 is 39.8 Å². The van der Waals surface area contributed by atoms with E-state index < -0.39 is 68.2 Å². The molecule has 2 amide bonds. The lowest BCUT2D eigenvalue weighted by molar-refractivity contribution is -0.0907. The van der Waals surface area contributed by atoms with Crippen LogP contribution >= 0.6 is 0 Å². The summed E-state index contributed by atoms with van der Waals surface area (Å²) in [5.41, 5.74) is 3.94. The Hall–Kier alpha value is -5.98. The van der Waals surface area contributed by atoms with E-state index in [1.54, 1.807) is 45.0 Å². The molecule has 0 bridgehead atoms. The highest BCUT2D eigenvalue weighted by atomic mass is 32.2. The van der Waals surface area contributed by atoms with Crippen molar-refractivity contribution in [3.05, 3.63) is 120 Å². The van der Waals surface area contributed by atoms with Gasteiger partial charge in [-0.1, -0.05) is 88.4 Å². The quantitative estimate of drug-likeness (QED) is 0.0424. The largest absolute Gasteiger partial charge is 0.444 e. The van der Waals surface area contributed by atoms with Gasteiger partial charge in [-0.05, 0) is 113 Å². The van der Waals surface area contributed by atoms with Crippen molar-refractivity contribution in [2.75, 3.05) is 39.4 Å². The van der Waals surface area contributed by atoms with Gasteiger partial charge in [-0.3, -0.25) is 10.2 Å². The number of fused-ring (bicyclic) bond motifs is 3. The van der Waals surface area contributed by atoms with E-state index in [1.165, 1.54) is 20.7 Å². The number of ether oxygens (including phenoxy) is 4. The Kier molecular flexibility index (Phi) is 19.8. The molecule has 6 aromatic rings. The number of aliphatic hydroxyl groups is 2. The van der Waals surface area contributed by atoms with Crippen LogP contribution in [0.2, 0.25) is 0 Å². The first-order valence-electron chi connectivity index (χ1n) is 26.4. The number of rotatable bonds is 21. The number of nitrogens with zero attached hydrogens (tertiary/aromatic N) is 4. The smallest absolute Gasteiger partial charge is 0.407 e. The summed E-state index contributed by atoms with van der Waals surface area (Å²) in [7, 11) is -7.94. The standard InChI is InChI=1S/C29H38N4O7S.C27H38N4O5S/c1-18(2)15-33(41(36,37)21-9-10-24-23(14-21)19(3)31-32-24)16-26(34)25(13-20-7-5-4-6-8-20)30-29(35)40-27-17-39-28-22(27)11-12-38-28;1-18(2)16-31(37(34,35)21-12-13-23-22(15-21)19(3)29-30-23)17-25(32)24(14-20-10-8-7-9-11-20)28-26(33)36-27(4,5)6/h4-10,14,18,22,25-28,34H,11-13,15-17H2,1-3H3,(H,30,35)(H,31,32);7-13,15,18,24-25,32H,14,16-17H2,1-6H3,(H,28,33)(H,29,30)/t22?,25-,26+,27-,28?;24-,25+/m00/s1. The zero-order valence-electron chi connectivity index (χ0n) is 45.9. The van der Waals surface area contributed by atoms with Crippen molar-refractivity contribution >= 4 is 54.0 Å². The second kappa shape index (κ2) is 25.9. The molecular weight excluding hydrogens is 1040 g/mol. The average Bonchev–Trinajstić information content (AvgIpc) is 4.19. The fraction of sp³-hybridized carbons (Fsp3) is 0.500. The molecule has 2 aliphatic rings. The fourth-order valence-electron chi connectivity index (χ4n) is 9.51. The minimum atomic E-state index is -3.98. The Morgan fingerprint density at radius 2 is 1.13 bits per heavy atom. The van der Waals surface area contributed by atoms with Crippen LogP contribution in [0.1, 0.15) is 77.4 Å². The maximum atomic E-state index is 13.9. The van der Waals surface area contributed by atoms with Crippen LogP contribution in [0.4, 0.5) is 9.59 Å². The lowest BCUT2D eigenvalue weighted by Gasteiger charge is -2.31. The van der Waals surface area contributed by atoms with Gasteiger partial charge in [-0.2, -0.15) is 18.8 Å². The van der Waals surface area contributed by atoms with Gasteiger partial charge in [0.15, 0.2) is 6.29 Å². The third-order valence-corrected chi connectivity index (χ3v) is 17.1. The van der Waals surface area contributed by atoms with Crippen molar-refractivity contribution in [3.63, 3.8) is 0 Å². The molecule has 2 aliphatic heterocycles. The number of hydrogen-bond acceptors (Lipinski definition) is 14. The van der Waals surface area contributed by atoms with Crippen LogP contribution in [-0.2, 0) is 51.8 Å². The monoisotopic (exact) mass is 1120 g/mol. The van der Waals surface area contributed by atoms with E-state index in [9.17, 15) is 36.6 Å². The second-order valence-corrected chi connectivity index (χ2v) is 25.8. The van der Waals surface area contributed by atoms with Crippen molar-refractivity contribution in [1.82, 2.24) is 39.6 Å². The highest BCUT2D eigenvalue weighted by Gasteiger charge is 2.44. The minimum Gasteiger partial charge on any atom is -0.444 e. The van der Waals surface area contributed by atoms with E-state index >= 15 is 0 Å². The van der Waals surface area contributed by atoms with Gasteiger partial charge >= 0.3 is 12.2 Å². The van der Waals surface area contributed by atoms with Gasteiger partial charge in [-0.25, -0.2) is 26.4 Å². The lowest BCUT2D eigenvalue weighted by atomic mass is 10.0. The molecule has 6 N–H and O–H groups in total. The number of benzene rings is 4. The van der Waals surface area contributed by atoms with Crippen molar-refractivity contribution in [2.24, 2.45) is 17.8 Å². The molecule has 0 radical (unpaired) electrons. The van der Waals surface area contributed by atoms with Gasteiger partial charge in [0.05, 0.1) is 64.2 Å².